The van der Waals surface area contributed by atoms with Crippen LogP contribution in [-0.2, 0) is 4.79 Å². The summed E-state index contributed by atoms with van der Waals surface area (Å²) in [6.45, 7) is 0. The molecule has 1 aromatic rings. The molecule has 19 heavy (non-hydrogen) atoms. The number of rotatable bonds is 1. The molecular formula is C16H18N2O. The molecule has 0 aromatic heterocycles. The van der Waals surface area contributed by atoms with Gasteiger partial charge in [0.1, 0.15) is 0 Å². The largest absolute Gasteiger partial charge is 0.348 e. The summed E-state index contributed by atoms with van der Waals surface area (Å²) in [6, 6.07) is 10.0. The Morgan fingerprint density at radius 1 is 1.16 bits per heavy atom. The van der Waals surface area contributed by atoms with Gasteiger partial charge in [0, 0.05) is 5.92 Å². The van der Waals surface area contributed by atoms with Gasteiger partial charge >= 0.3 is 0 Å². The molecule has 0 bridgehead atoms. The van der Waals surface area contributed by atoms with E-state index in [4.69, 9.17) is 5.73 Å². The number of nitrogens with two attached hydrogens (primary N) is 1. The molecule has 1 heterocycles. The van der Waals surface area contributed by atoms with Crippen LogP contribution in [0.3, 0.4) is 0 Å². The first-order valence-corrected chi connectivity index (χ1v) is 6.75. The van der Waals surface area contributed by atoms with E-state index in [1.807, 2.05) is 18.2 Å². The Morgan fingerprint density at radius 3 is 2.74 bits per heavy atom. The monoisotopic (exact) mass is 254 g/mol. The zero-order valence-corrected chi connectivity index (χ0v) is 10.8. The van der Waals surface area contributed by atoms with E-state index in [-0.39, 0.29) is 18.0 Å². The third-order valence-corrected chi connectivity index (χ3v) is 3.90. The first-order valence-electron chi connectivity index (χ1n) is 6.75. The molecule has 3 rings (SSSR count). The normalized spacial score (nSPS) is 30.1. The van der Waals surface area contributed by atoms with Crippen LogP contribution in [0.15, 0.2) is 48.6 Å². The van der Waals surface area contributed by atoms with Gasteiger partial charge in [0.25, 0.3) is 0 Å². The number of hydrogen-bond donors (Lipinski definition) is 2. The number of carbonyl (C=O) groups excluding carboxylic acids is 1. The minimum atomic E-state index is -0.368. The molecule has 0 saturated carbocycles. The van der Waals surface area contributed by atoms with E-state index in [9.17, 15) is 4.79 Å². The lowest BCUT2D eigenvalue weighted by atomic mass is 9.86. The third-order valence-electron chi connectivity index (χ3n) is 3.90. The fourth-order valence-corrected chi connectivity index (χ4v) is 2.76. The highest BCUT2D eigenvalue weighted by molar-refractivity contribution is 5.83. The summed E-state index contributed by atoms with van der Waals surface area (Å²) in [6.07, 6.45) is 8.14. The standard InChI is InChI=1S/C16H18N2O/c17-14-8-6-13-10-12(11-4-2-1-3-5-11)7-9-15(13)18-16(14)19/h1-5,7,9-10,13-15H,6,8,17H2,(H,18,19)/t13?,14-,15?/m0/s1. The molecule has 1 amide bonds. The van der Waals surface area contributed by atoms with Gasteiger partial charge in [-0.15, -0.1) is 0 Å². The first-order chi connectivity index (χ1) is 9.24. The number of benzene rings is 1. The molecule has 0 radical (unpaired) electrons. The van der Waals surface area contributed by atoms with Crippen molar-refractivity contribution in [3.8, 4) is 0 Å². The number of amides is 1. The molecule has 1 aromatic carbocycles. The maximum absolute atomic E-state index is 11.7. The molecule has 2 unspecified atom stereocenters. The van der Waals surface area contributed by atoms with Gasteiger partial charge in [-0.2, -0.15) is 0 Å². The molecule has 2 aliphatic rings. The molecule has 1 aliphatic carbocycles. The zero-order chi connectivity index (χ0) is 13.2. The summed E-state index contributed by atoms with van der Waals surface area (Å²) < 4.78 is 0. The number of fused-ring (bicyclic) bond motifs is 1. The van der Waals surface area contributed by atoms with Gasteiger partial charge in [-0.25, -0.2) is 0 Å². The van der Waals surface area contributed by atoms with Gasteiger partial charge in [0.2, 0.25) is 5.91 Å². The summed E-state index contributed by atoms with van der Waals surface area (Å²) in [5.41, 5.74) is 8.27. The second-order valence-corrected chi connectivity index (χ2v) is 5.23. The summed E-state index contributed by atoms with van der Waals surface area (Å²) in [7, 11) is 0. The zero-order valence-electron chi connectivity index (χ0n) is 10.8. The predicted octanol–water partition coefficient (Wildman–Crippen LogP) is 1.86. The SMILES string of the molecule is N[C@H]1CCC2C=C(c3ccccc3)C=CC2NC1=O. The van der Waals surface area contributed by atoms with Gasteiger partial charge in [-0.05, 0) is 24.0 Å². The van der Waals surface area contributed by atoms with E-state index in [0.717, 1.165) is 12.8 Å². The van der Waals surface area contributed by atoms with E-state index in [1.165, 1.54) is 11.1 Å². The minimum absolute atomic E-state index is 0.0336. The summed E-state index contributed by atoms with van der Waals surface area (Å²) in [4.78, 5) is 11.7. The Bertz CT molecular complexity index is 533. The maximum Gasteiger partial charge on any atom is 0.237 e. The van der Waals surface area contributed by atoms with Crippen LogP contribution < -0.4 is 11.1 Å². The van der Waals surface area contributed by atoms with Crippen molar-refractivity contribution in [1.82, 2.24) is 5.32 Å². The number of hydrogen-bond acceptors (Lipinski definition) is 2. The van der Waals surface area contributed by atoms with Crippen LogP contribution in [0.1, 0.15) is 18.4 Å². The van der Waals surface area contributed by atoms with Crippen molar-refractivity contribution in [2.45, 2.75) is 24.9 Å². The van der Waals surface area contributed by atoms with E-state index in [0.29, 0.717) is 5.92 Å². The van der Waals surface area contributed by atoms with Crippen LogP contribution in [0.2, 0.25) is 0 Å². The van der Waals surface area contributed by atoms with Crippen molar-refractivity contribution in [3.05, 3.63) is 54.1 Å². The Morgan fingerprint density at radius 2 is 1.95 bits per heavy atom. The Hall–Kier alpha value is -1.87. The first kappa shape index (κ1) is 12.2. The van der Waals surface area contributed by atoms with E-state index in [2.05, 4.69) is 35.7 Å². The van der Waals surface area contributed by atoms with E-state index >= 15 is 0 Å². The lowest BCUT2D eigenvalue weighted by molar-refractivity contribution is -0.122. The van der Waals surface area contributed by atoms with Crippen molar-refractivity contribution in [1.29, 1.82) is 0 Å². The molecule has 3 heteroatoms. The predicted molar refractivity (Wildman–Crippen MR) is 76.2 cm³/mol. The third kappa shape index (κ3) is 2.47. The van der Waals surface area contributed by atoms with Gasteiger partial charge in [0.15, 0.2) is 0 Å². The molecule has 1 saturated heterocycles. The lowest BCUT2D eigenvalue weighted by Crippen LogP contribution is -2.43. The summed E-state index contributed by atoms with van der Waals surface area (Å²) >= 11 is 0. The van der Waals surface area contributed by atoms with Crippen molar-refractivity contribution in [2.24, 2.45) is 11.7 Å². The van der Waals surface area contributed by atoms with Gasteiger partial charge in [0.05, 0.1) is 12.1 Å². The number of allylic oxidation sites excluding steroid dienone is 2. The van der Waals surface area contributed by atoms with Crippen LogP contribution in [0.5, 0.6) is 0 Å². The van der Waals surface area contributed by atoms with E-state index in [1.54, 1.807) is 0 Å². The summed E-state index contributed by atoms with van der Waals surface area (Å²) in [5.74, 6) is 0.311. The van der Waals surface area contributed by atoms with Crippen LogP contribution in [0.25, 0.3) is 5.57 Å². The highest BCUT2D eigenvalue weighted by atomic mass is 16.2. The van der Waals surface area contributed by atoms with Crippen LogP contribution in [-0.4, -0.2) is 18.0 Å². The fraction of sp³-hybridized carbons (Fsp3) is 0.312. The molecular weight excluding hydrogens is 236 g/mol. The van der Waals surface area contributed by atoms with Gasteiger partial charge in [-0.1, -0.05) is 48.6 Å². The summed E-state index contributed by atoms with van der Waals surface area (Å²) in [5, 5.41) is 3.01. The second-order valence-electron chi connectivity index (χ2n) is 5.23. The van der Waals surface area contributed by atoms with Gasteiger partial charge < -0.3 is 11.1 Å². The van der Waals surface area contributed by atoms with E-state index < -0.39 is 0 Å². The maximum atomic E-state index is 11.7. The molecule has 3 N–H and O–H groups in total. The average molecular weight is 254 g/mol. The molecule has 0 spiro atoms. The van der Waals surface area contributed by atoms with Gasteiger partial charge in [-0.3, -0.25) is 4.79 Å². The molecule has 1 fully saturated rings. The fourth-order valence-electron chi connectivity index (χ4n) is 2.76. The number of nitrogens with one attached hydrogen (secondary N) is 1. The minimum Gasteiger partial charge on any atom is -0.348 e. The van der Waals surface area contributed by atoms with Crippen molar-refractivity contribution in [2.75, 3.05) is 0 Å². The second kappa shape index (κ2) is 5.02. The molecule has 3 atom stereocenters. The lowest BCUT2D eigenvalue weighted by Gasteiger charge is -2.24. The van der Waals surface area contributed by atoms with Crippen LogP contribution in [0, 0.1) is 5.92 Å². The highest BCUT2D eigenvalue weighted by Crippen LogP contribution is 2.29. The molecule has 98 valence electrons. The smallest absolute Gasteiger partial charge is 0.237 e. The van der Waals surface area contributed by atoms with Crippen molar-refractivity contribution in [3.63, 3.8) is 0 Å². The Balaban J connectivity index is 1.86. The Kier molecular flexibility index (Phi) is 3.22. The highest BCUT2D eigenvalue weighted by Gasteiger charge is 2.29. The van der Waals surface area contributed by atoms with Crippen LogP contribution >= 0.6 is 0 Å². The van der Waals surface area contributed by atoms with Crippen LogP contribution in [0.4, 0.5) is 0 Å². The topological polar surface area (TPSA) is 55.1 Å². The average Bonchev–Trinajstić information content (AvgIpc) is 2.59. The van der Waals surface area contributed by atoms with Crippen molar-refractivity contribution >= 4 is 11.5 Å². The number of carbonyl (C=O) groups is 1. The Labute approximate surface area is 113 Å². The molecule has 3 nitrogen and oxygen atoms in total. The van der Waals surface area contributed by atoms with Crippen molar-refractivity contribution < 1.29 is 4.79 Å². The quantitative estimate of drug-likeness (QED) is 0.803. The molecule has 1 aliphatic heterocycles.